The lowest BCUT2D eigenvalue weighted by molar-refractivity contribution is 0.601. The van der Waals surface area contributed by atoms with Crippen LogP contribution in [0.1, 0.15) is 0 Å². The Hall–Kier alpha value is -1.87. The first-order chi connectivity index (χ1) is 12.3. The van der Waals surface area contributed by atoms with Gasteiger partial charge in [-0.15, -0.1) is 0 Å². The van der Waals surface area contributed by atoms with E-state index < -0.39 is 15.6 Å². The van der Waals surface area contributed by atoms with Gasteiger partial charge in [-0.25, -0.2) is 8.42 Å². The zero-order chi connectivity index (χ0) is 18.9. The molecule has 10 heteroatoms. The number of hydrogen-bond acceptors (Lipinski definition) is 4. The van der Waals surface area contributed by atoms with E-state index in [0.717, 1.165) is 9.15 Å². The second kappa shape index (κ2) is 7.40. The Morgan fingerprint density at radius 1 is 1.08 bits per heavy atom. The maximum atomic E-state index is 12.5. The second-order valence-corrected chi connectivity index (χ2v) is 8.52. The van der Waals surface area contributed by atoms with Crippen molar-refractivity contribution in [2.24, 2.45) is 0 Å². The van der Waals surface area contributed by atoms with Crippen LogP contribution in [0.15, 0.2) is 68.9 Å². The van der Waals surface area contributed by atoms with Crippen LogP contribution < -0.4 is 10.3 Å². The molecule has 0 aliphatic rings. The zero-order valence-electron chi connectivity index (χ0n) is 12.9. The molecular weight excluding hydrogens is 465 g/mol. The average molecular weight is 475 g/mol. The summed E-state index contributed by atoms with van der Waals surface area (Å²) in [6, 6.07) is 12.4. The van der Waals surface area contributed by atoms with Gasteiger partial charge in [-0.3, -0.25) is 9.52 Å². The minimum Gasteiger partial charge on any atom is -0.280 e. The highest BCUT2D eigenvalue weighted by molar-refractivity contribution is 9.10. The van der Waals surface area contributed by atoms with Crippen molar-refractivity contribution >= 4 is 54.8 Å². The SMILES string of the molecule is O=c1c(Cl)c(Cl)cnn1-c1ccc(S(=O)(=O)Nc2cccc(Br)c2)cc1. The minimum atomic E-state index is -3.78. The Kier molecular flexibility index (Phi) is 5.38. The van der Waals surface area contributed by atoms with Crippen molar-refractivity contribution in [2.45, 2.75) is 4.90 Å². The minimum absolute atomic E-state index is 0.0364. The van der Waals surface area contributed by atoms with E-state index in [0.29, 0.717) is 11.4 Å². The van der Waals surface area contributed by atoms with Crippen LogP contribution in [0.25, 0.3) is 5.69 Å². The number of nitrogens with zero attached hydrogens (tertiary/aromatic N) is 2. The summed E-state index contributed by atoms with van der Waals surface area (Å²) in [7, 11) is -3.78. The molecule has 0 saturated carbocycles. The fourth-order valence-corrected chi connectivity index (χ4v) is 3.83. The van der Waals surface area contributed by atoms with Crippen LogP contribution in [0.3, 0.4) is 0 Å². The fraction of sp³-hybridized carbons (Fsp3) is 0. The number of halogens is 3. The monoisotopic (exact) mass is 473 g/mol. The Labute approximate surface area is 167 Å². The lowest BCUT2D eigenvalue weighted by Gasteiger charge is -2.10. The topological polar surface area (TPSA) is 81.1 Å². The molecule has 6 nitrogen and oxygen atoms in total. The first-order valence-corrected chi connectivity index (χ1v) is 10.1. The van der Waals surface area contributed by atoms with Gasteiger partial charge in [-0.2, -0.15) is 9.78 Å². The zero-order valence-corrected chi connectivity index (χ0v) is 16.8. The third-order valence-electron chi connectivity index (χ3n) is 3.34. The number of hydrogen-bond donors (Lipinski definition) is 1. The Morgan fingerprint density at radius 3 is 2.42 bits per heavy atom. The Bertz CT molecular complexity index is 1130. The van der Waals surface area contributed by atoms with Crippen molar-refractivity contribution in [2.75, 3.05) is 4.72 Å². The molecule has 0 aliphatic heterocycles. The molecule has 26 heavy (non-hydrogen) atoms. The Balaban J connectivity index is 1.92. The van der Waals surface area contributed by atoms with Crippen LogP contribution in [0, 0.1) is 0 Å². The summed E-state index contributed by atoms with van der Waals surface area (Å²) < 4.78 is 29.2. The van der Waals surface area contributed by atoms with E-state index in [1.165, 1.54) is 30.5 Å². The normalized spacial score (nSPS) is 11.3. The predicted molar refractivity (Wildman–Crippen MR) is 105 cm³/mol. The Morgan fingerprint density at radius 2 is 1.77 bits per heavy atom. The average Bonchev–Trinajstić information content (AvgIpc) is 2.60. The molecule has 1 N–H and O–H groups in total. The molecule has 0 spiro atoms. The summed E-state index contributed by atoms with van der Waals surface area (Å²) in [4.78, 5) is 12.1. The first-order valence-electron chi connectivity index (χ1n) is 7.10. The van der Waals surface area contributed by atoms with Gasteiger partial charge in [0.1, 0.15) is 5.02 Å². The van der Waals surface area contributed by atoms with E-state index in [9.17, 15) is 13.2 Å². The molecule has 2 aromatic carbocycles. The largest absolute Gasteiger partial charge is 0.291 e. The highest BCUT2D eigenvalue weighted by Gasteiger charge is 2.15. The van der Waals surface area contributed by atoms with Gasteiger partial charge >= 0.3 is 0 Å². The summed E-state index contributed by atoms with van der Waals surface area (Å²) in [6.45, 7) is 0. The molecule has 3 rings (SSSR count). The van der Waals surface area contributed by atoms with Crippen LogP contribution in [0.2, 0.25) is 10.0 Å². The maximum absolute atomic E-state index is 12.5. The van der Waals surface area contributed by atoms with E-state index in [2.05, 4.69) is 25.8 Å². The van der Waals surface area contributed by atoms with Gasteiger partial charge in [0.05, 0.1) is 21.8 Å². The van der Waals surface area contributed by atoms with Crippen molar-refractivity contribution < 1.29 is 8.42 Å². The van der Waals surface area contributed by atoms with Crippen molar-refractivity contribution in [3.05, 3.63) is 79.6 Å². The van der Waals surface area contributed by atoms with Gasteiger partial charge in [-0.1, -0.05) is 45.2 Å². The van der Waals surface area contributed by atoms with Crippen LogP contribution in [0.4, 0.5) is 5.69 Å². The highest BCUT2D eigenvalue weighted by atomic mass is 79.9. The molecule has 134 valence electrons. The van der Waals surface area contributed by atoms with Crippen molar-refractivity contribution in [3.63, 3.8) is 0 Å². The van der Waals surface area contributed by atoms with Crippen LogP contribution >= 0.6 is 39.1 Å². The third-order valence-corrected chi connectivity index (χ3v) is 5.98. The predicted octanol–water partition coefficient (Wildman–Crippen LogP) is 4.10. The molecule has 0 saturated heterocycles. The summed E-state index contributed by atoms with van der Waals surface area (Å²) in [5.74, 6) is 0. The second-order valence-electron chi connectivity index (χ2n) is 5.13. The summed E-state index contributed by atoms with van der Waals surface area (Å²) in [5.41, 5.74) is 0.183. The first kappa shape index (κ1) is 18.9. The van der Waals surface area contributed by atoms with E-state index in [1.807, 2.05) is 0 Å². The van der Waals surface area contributed by atoms with Crippen LogP contribution in [-0.4, -0.2) is 18.2 Å². The van der Waals surface area contributed by atoms with Gasteiger partial charge in [-0.05, 0) is 42.5 Å². The van der Waals surface area contributed by atoms with Crippen molar-refractivity contribution in [1.29, 1.82) is 0 Å². The van der Waals surface area contributed by atoms with Gasteiger partial charge in [0.2, 0.25) is 0 Å². The third kappa shape index (κ3) is 3.93. The molecule has 0 unspecified atom stereocenters. The summed E-state index contributed by atoms with van der Waals surface area (Å²) in [6.07, 6.45) is 1.24. The van der Waals surface area contributed by atoms with E-state index in [1.54, 1.807) is 24.3 Å². The lowest BCUT2D eigenvalue weighted by Crippen LogP contribution is -2.21. The standard InChI is InChI=1S/C16H10BrCl2N3O3S/c17-10-2-1-3-11(8-10)21-26(24,25)13-6-4-12(5-7-13)22-16(23)15(19)14(18)9-20-22/h1-9,21H. The number of anilines is 1. The highest BCUT2D eigenvalue weighted by Crippen LogP contribution is 2.21. The molecule has 0 aliphatic carbocycles. The number of benzene rings is 2. The summed E-state index contributed by atoms with van der Waals surface area (Å²) in [5, 5.41) is 3.78. The van der Waals surface area contributed by atoms with E-state index in [4.69, 9.17) is 23.2 Å². The molecule has 0 atom stereocenters. The lowest BCUT2D eigenvalue weighted by atomic mass is 10.3. The van der Waals surface area contributed by atoms with E-state index in [-0.39, 0.29) is 14.9 Å². The molecule has 0 bridgehead atoms. The van der Waals surface area contributed by atoms with Gasteiger partial charge in [0.15, 0.2) is 0 Å². The molecule has 0 fully saturated rings. The number of nitrogens with one attached hydrogen (secondary N) is 1. The van der Waals surface area contributed by atoms with Gasteiger partial charge < -0.3 is 0 Å². The number of rotatable bonds is 4. The molecule has 0 amide bonds. The molecule has 1 heterocycles. The fourth-order valence-electron chi connectivity index (χ4n) is 2.13. The van der Waals surface area contributed by atoms with Gasteiger partial charge in [0, 0.05) is 10.2 Å². The maximum Gasteiger partial charge on any atom is 0.291 e. The number of sulfonamides is 1. The van der Waals surface area contributed by atoms with E-state index >= 15 is 0 Å². The molecule has 0 radical (unpaired) electrons. The van der Waals surface area contributed by atoms with Gasteiger partial charge in [0.25, 0.3) is 15.6 Å². The van der Waals surface area contributed by atoms with Crippen LogP contribution in [-0.2, 0) is 10.0 Å². The molecule has 1 aromatic heterocycles. The van der Waals surface area contributed by atoms with Crippen molar-refractivity contribution in [3.8, 4) is 5.69 Å². The quantitative estimate of drug-likeness (QED) is 0.617. The smallest absolute Gasteiger partial charge is 0.280 e. The number of aromatic nitrogens is 2. The molecule has 3 aromatic rings. The van der Waals surface area contributed by atoms with Crippen molar-refractivity contribution in [1.82, 2.24) is 9.78 Å². The summed E-state index contributed by atoms with van der Waals surface area (Å²) >= 11 is 14.9. The van der Waals surface area contributed by atoms with Crippen LogP contribution in [0.5, 0.6) is 0 Å². The molecular formula is C16H10BrCl2N3O3S.